The van der Waals surface area contributed by atoms with Crippen molar-refractivity contribution in [2.75, 3.05) is 5.32 Å². The summed E-state index contributed by atoms with van der Waals surface area (Å²) in [6, 6.07) is 2.14. The highest BCUT2D eigenvalue weighted by atomic mass is 32.1. The number of hydrogen-bond acceptors (Lipinski definition) is 5. The summed E-state index contributed by atoms with van der Waals surface area (Å²) in [5, 5.41) is 18.9. The molecule has 2 amide bonds. The SMILES string of the molecule is O=C(Nc1nnc(-c2ccsc2)s1)NC1CC1. The smallest absolute Gasteiger partial charge is 0.321 e. The van der Waals surface area contributed by atoms with Crippen molar-refractivity contribution in [3.8, 4) is 10.6 Å². The van der Waals surface area contributed by atoms with Crippen molar-refractivity contribution in [3.63, 3.8) is 0 Å². The fraction of sp³-hybridized carbons (Fsp3) is 0.300. The number of anilines is 1. The molecule has 1 aliphatic rings. The highest BCUT2D eigenvalue weighted by Gasteiger charge is 2.23. The number of rotatable bonds is 3. The van der Waals surface area contributed by atoms with Crippen molar-refractivity contribution in [1.82, 2.24) is 15.5 Å². The van der Waals surface area contributed by atoms with Crippen LogP contribution < -0.4 is 10.6 Å². The van der Waals surface area contributed by atoms with Crippen LogP contribution in [0.15, 0.2) is 16.8 Å². The molecular weight excluding hydrogens is 256 g/mol. The van der Waals surface area contributed by atoms with Crippen LogP contribution in [0.4, 0.5) is 9.93 Å². The molecule has 2 N–H and O–H groups in total. The summed E-state index contributed by atoms with van der Waals surface area (Å²) in [5.74, 6) is 0. The van der Waals surface area contributed by atoms with Crippen LogP contribution in [0.25, 0.3) is 10.6 Å². The molecule has 0 aromatic carbocycles. The third-order valence-electron chi connectivity index (χ3n) is 2.33. The van der Waals surface area contributed by atoms with Gasteiger partial charge in [0.15, 0.2) is 0 Å². The molecule has 1 fully saturated rings. The fourth-order valence-electron chi connectivity index (χ4n) is 1.32. The van der Waals surface area contributed by atoms with E-state index in [1.165, 1.54) is 11.3 Å². The van der Waals surface area contributed by atoms with E-state index in [-0.39, 0.29) is 6.03 Å². The third-order valence-corrected chi connectivity index (χ3v) is 3.90. The van der Waals surface area contributed by atoms with Gasteiger partial charge in [0.05, 0.1) is 0 Å². The second-order valence-electron chi connectivity index (χ2n) is 3.80. The van der Waals surface area contributed by atoms with Gasteiger partial charge in [-0.25, -0.2) is 4.79 Å². The third kappa shape index (κ3) is 2.62. The van der Waals surface area contributed by atoms with Crippen molar-refractivity contribution in [2.45, 2.75) is 18.9 Å². The first-order valence-corrected chi connectivity index (χ1v) is 7.01. The monoisotopic (exact) mass is 266 g/mol. The van der Waals surface area contributed by atoms with Crippen molar-refractivity contribution in [1.29, 1.82) is 0 Å². The maximum absolute atomic E-state index is 11.5. The molecule has 1 saturated carbocycles. The summed E-state index contributed by atoms with van der Waals surface area (Å²) < 4.78 is 0. The summed E-state index contributed by atoms with van der Waals surface area (Å²) in [6.45, 7) is 0. The Morgan fingerprint density at radius 1 is 1.41 bits per heavy atom. The molecule has 0 saturated heterocycles. The van der Waals surface area contributed by atoms with Crippen molar-refractivity contribution >= 4 is 33.8 Å². The lowest BCUT2D eigenvalue weighted by Gasteiger charge is -2.01. The van der Waals surface area contributed by atoms with E-state index in [2.05, 4.69) is 20.8 Å². The minimum Gasteiger partial charge on any atom is -0.335 e. The van der Waals surface area contributed by atoms with E-state index in [4.69, 9.17) is 0 Å². The van der Waals surface area contributed by atoms with Gasteiger partial charge in [-0.15, -0.1) is 10.2 Å². The number of urea groups is 1. The zero-order chi connectivity index (χ0) is 11.7. The van der Waals surface area contributed by atoms with E-state index < -0.39 is 0 Å². The molecule has 0 spiro atoms. The van der Waals surface area contributed by atoms with Crippen LogP contribution in [0.2, 0.25) is 0 Å². The average molecular weight is 266 g/mol. The first-order chi connectivity index (χ1) is 8.31. The quantitative estimate of drug-likeness (QED) is 0.897. The molecule has 0 bridgehead atoms. The lowest BCUT2D eigenvalue weighted by atomic mass is 10.4. The lowest BCUT2D eigenvalue weighted by molar-refractivity contribution is 0.251. The van der Waals surface area contributed by atoms with Gasteiger partial charge in [0.1, 0.15) is 5.01 Å². The maximum Gasteiger partial charge on any atom is 0.321 e. The molecule has 17 heavy (non-hydrogen) atoms. The highest BCUT2D eigenvalue weighted by molar-refractivity contribution is 7.19. The largest absolute Gasteiger partial charge is 0.335 e. The molecular formula is C10H10N4OS2. The van der Waals surface area contributed by atoms with Gasteiger partial charge in [-0.1, -0.05) is 11.3 Å². The fourth-order valence-corrected chi connectivity index (χ4v) is 2.77. The Hall–Kier alpha value is -1.47. The molecule has 88 valence electrons. The van der Waals surface area contributed by atoms with Crippen molar-refractivity contribution in [2.24, 2.45) is 0 Å². The minimum absolute atomic E-state index is 0.194. The number of carbonyl (C=O) groups is 1. The van der Waals surface area contributed by atoms with Crippen LogP contribution in [-0.4, -0.2) is 22.3 Å². The lowest BCUT2D eigenvalue weighted by Crippen LogP contribution is -2.30. The summed E-state index contributed by atoms with van der Waals surface area (Å²) in [5.41, 5.74) is 1.04. The Kier molecular flexibility index (Phi) is 2.77. The van der Waals surface area contributed by atoms with Gasteiger partial charge in [0.25, 0.3) is 0 Å². The molecule has 5 nitrogen and oxygen atoms in total. The number of aromatic nitrogens is 2. The summed E-state index contributed by atoms with van der Waals surface area (Å²) in [7, 11) is 0. The number of amides is 2. The highest BCUT2D eigenvalue weighted by Crippen LogP contribution is 2.27. The Balaban J connectivity index is 1.65. The minimum atomic E-state index is -0.194. The standard InChI is InChI=1S/C10H10N4OS2/c15-9(11-7-1-2-7)12-10-14-13-8(17-10)6-3-4-16-5-6/h3-5,7H,1-2H2,(H2,11,12,14,15). The predicted octanol–water partition coefficient (Wildman–Crippen LogP) is 2.55. The van der Waals surface area contributed by atoms with E-state index in [1.54, 1.807) is 11.3 Å². The Bertz CT molecular complexity index is 518. The van der Waals surface area contributed by atoms with E-state index in [1.807, 2.05) is 16.8 Å². The Labute approximate surface area is 106 Å². The average Bonchev–Trinajstić information content (AvgIpc) is 2.84. The van der Waals surface area contributed by atoms with E-state index in [0.29, 0.717) is 11.2 Å². The van der Waals surface area contributed by atoms with Crippen LogP contribution in [-0.2, 0) is 0 Å². The first-order valence-electron chi connectivity index (χ1n) is 5.25. The van der Waals surface area contributed by atoms with Crippen LogP contribution >= 0.6 is 22.7 Å². The molecule has 0 unspecified atom stereocenters. The van der Waals surface area contributed by atoms with Gasteiger partial charge >= 0.3 is 6.03 Å². The Morgan fingerprint density at radius 3 is 3.00 bits per heavy atom. The molecule has 2 heterocycles. The molecule has 0 atom stereocenters. The first kappa shape index (κ1) is 10.7. The van der Waals surface area contributed by atoms with Gasteiger partial charge < -0.3 is 5.32 Å². The van der Waals surface area contributed by atoms with E-state index in [0.717, 1.165) is 23.4 Å². The summed E-state index contributed by atoms with van der Waals surface area (Å²) >= 11 is 2.99. The Morgan fingerprint density at radius 2 is 2.29 bits per heavy atom. The van der Waals surface area contributed by atoms with E-state index in [9.17, 15) is 4.79 Å². The number of thiophene rings is 1. The molecule has 7 heteroatoms. The van der Waals surface area contributed by atoms with Gasteiger partial charge in [0.2, 0.25) is 5.13 Å². The molecule has 0 aliphatic heterocycles. The van der Waals surface area contributed by atoms with Gasteiger partial charge in [0, 0.05) is 17.0 Å². The van der Waals surface area contributed by atoms with Crippen LogP contribution in [0.3, 0.4) is 0 Å². The predicted molar refractivity (Wildman–Crippen MR) is 68.4 cm³/mol. The molecule has 2 aromatic heterocycles. The zero-order valence-electron chi connectivity index (χ0n) is 8.84. The van der Waals surface area contributed by atoms with Crippen LogP contribution in [0.1, 0.15) is 12.8 Å². The maximum atomic E-state index is 11.5. The number of nitrogens with one attached hydrogen (secondary N) is 2. The molecule has 3 rings (SSSR count). The van der Waals surface area contributed by atoms with Crippen molar-refractivity contribution in [3.05, 3.63) is 16.8 Å². The van der Waals surface area contributed by atoms with Gasteiger partial charge in [-0.2, -0.15) is 11.3 Å². The molecule has 0 radical (unpaired) electrons. The van der Waals surface area contributed by atoms with Gasteiger partial charge in [-0.3, -0.25) is 5.32 Å². The zero-order valence-corrected chi connectivity index (χ0v) is 10.5. The summed E-state index contributed by atoms with van der Waals surface area (Å²) in [4.78, 5) is 11.5. The second kappa shape index (κ2) is 4.42. The molecule has 1 aliphatic carbocycles. The number of nitrogens with zero attached hydrogens (tertiary/aromatic N) is 2. The van der Waals surface area contributed by atoms with E-state index >= 15 is 0 Å². The van der Waals surface area contributed by atoms with Gasteiger partial charge in [-0.05, 0) is 24.3 Å². The van der Waals surface area contributed by atoms with Crippen LogP contribution in [0, 0.1) is 0 Å². The van der Waals surface area contributed by atoms with Crippen molar-refractivity contribution < 1.29 is 4.79 Å². The number of hydrogen-bond donors (Lipinski definition) is 2. The second-order valence-corrected chi connectivity index (χ2v) is 5.55. The topological polar surface area (TPSA) is 66.9 Å². The normalized spacial score (nSPS) is 14.6. The van der Waals surface area contributed by atoms with Crippen LogP contribution in [0.5, 0.6) is 0 Å². The number of carbonyl (C=O) groups excluding carboxylic acids is 1. The molecule has 2 aromatic rings. The summed E-state index contributed by atoms with van der Waals surface area (Å²) in [6.07, 6.45) is 2.15.